The molecule has 0 heterocycles. The van der Waals surface area contributed by atoms with E-state index in [-0.39, 0.29) is 24.0 Å². The maximum absolute atomic E-state index is 14.0. The molecule has 5 N–H and O–H groups in total. The monoisotopic (exact) mass is 556 g/mol. The van der Waals surface area contributed by atoms with Crippen molar-refractivity contribution >= 4 is 40.6 Å². The van der Waals surface area contributed by atoms with E-state index in [4.69, 9.17) is 5.73 Å². The van der Waals surface area contributed by atoms with Crippen molar-refractivity contribution in [2.24, 2.45) is 29.4 Å². The highest BCUT2D eigenvalue weighted by molar-refractivity contribution is 6.32. The fourth-order valence-corrected chi connectivity index (χ4v) is 6.70. The third kappa shape index (κ3) is 4.21. The van der Waals surface area contributed by atoms with Crippen molar-refractivity contribution in [3.63, 3.8) is 0 Å². The summed E-state index contributed by atoms with van der Waals surface area (Å²) in [6.07, 6.45) is 1.62. The maximum atomic E-state index is 14.0. The first-order valence-corrected chi connectivity index (χ1v) is 13.4. The van der Waals surface area contributed by atoms with Gasteiger partial charge < -0.3 is 26.2 Å². The lowest BCUT2D eigenvalue weighted by atomic mass is 9.52. The molecule has 2 unspecified atom stereocenters. The van der Waals surface area contributed by atoms with Crippen molar-refractivity contribution in [3.05, 3.63) is 22.8 Å². The fourth-order valence-electron chi connectivity index (χ4n) is 6.70. The van der Waals surface area contributed by atoms with Crippen LogP contribution >= 0.6 is 0 Å². The molecule has 0 radical (unpaired) electrons. The van der Waals surface area contributed by atoms with Crippen LogP contribution in [-0.2, 0) is 25.6 Å². The Bertz CT molecular complexity index is 1320. The smallest absolute Gasteiger partial charge is 0.255 e. The van der Waals surface area contributed by atoms with Crippen LogP contribution in [0, 0.1) is 23.7 Å². The number of phenolic OH excluding ortho intramolecular Hbond substituents is 1. The minimum absolute atomic E-state index is 0.0449. The zero-order valence-corrected chi connectivity index (χ0v) is 23.3. The number of ketones is 4. The van der Waals surface area contributed by atoms with Crippen molar-refractivity contribution in [2.75, 3.05) is 39.6 Å². The number of carbonyl (C=O) groups is 6. The van der Waals surface area contributed by atoms with E-state index in [0.29, 0.717) is 24.2 Å². The van der Waals surface area contributed by atoms with Gasteiger partial charge in [0.05, 0.1) is 23.1 Å². The molecule has 0 bridgehead atoms. The molecule has 0 aromatic heterocycles. The number of fused-ring (bicyclic) bond motifs is 3. The number of anilines is 1. The highest BCUT2D eigenvalue weighted by Crippen LogP contribution is 2.52. The predicted octanol–water partition coefficient (Wildman–Crippen LogP) is -0.537. The van der Waals surface area contributed by atoms with Crippen molar-refractivity contribution in [3.8, 4) is 5.75 Å². The maximum Gasteiger partial charge on any atom is 0.255 e. The first-order valence-electron chi connectivity index (χ1n) is 13.4. The second-order valence-electron chi connectivity index (χ2n) is 11.4. The van der Waals surface area contributed by atoms with Crippen LogP contribution < -0.4 is 16.0 Å². The summed E-state index contributed by atoms with van der Waals surface area (Å²) in [6.45, 7) is 2.32. The van der Waals surface area contributed by atoms with Crippen LogP contribution in [0.15, 0.2) is 6.07 Å². The number of nitrogens with two attached hydrogens (primary N) is 1. The van der Waals surface area contributed by atoms with Gasteiger partial charge in [-0.3, -0.25) is 33.7 Å². The summed E-state index contributed by atoms with van der Waals surface area (Å²) in [4.78, 5) is 82.7. The third-order valence-corrected chi connectivity index (χ3v) is 8.58. The first kappa shape index (κ1) is 29.3. The van der Waals surface area contributed by atoms with Crippen LogP contribution in [0.2, 0.25) is 0 Å². The van der Waals surface area contributed by atoms with Crippen molar-refractivity contribution in [1.29, 1.82) is 0 Å². The van der Waals surface area contributed by atoms with Gasteiger partial charge in [0.15, 0.2) is 34.7 Å². The molecule has 2 fully saturated rings. The van der Waals surface area contributed by atoms with Gasteiger partial charge in [0.1, 0.15) is 5.75 Å². The van der Waals surface area contributed by atoms with E-state index in [0.717, 1.165) is 6.42 Å². The number of aromatic hydroxyl groups is 1. The number of primary amides is 1. The number of likely N-dealkylation sites (N-methyl/N-ethyl adjacent to an activating group) is 1. The lowest BCUT2D eigenvalue weighted by Crippen LogP contribution is -2.74. The largest absolute Gasteiger partial charge is 0.506 e. The van der Waals surface area contributed by atoms with Crippen LogP contribution in [-0.4, -0.2) is 96.4 Å². The van der Waals surface area contributed by atoms with E-state index in [9.17, 15) is 39.0 Å². The molecule has 2 saturated carbocycles. The minimum atomic E-state index is -2.80. The minimum Gasteiger partial charge on any atom is -0.506 e. The van der Waals surface area contributed by atoms with Gasteiger partial charge in [0.2, 0.25) is 5.91 Å². The van der Waals surface area contributed by atoms with Gasteiger partial charge in [-0.1, -0.05) is 13.3 Å². The summed E-state index contributed by atoms with van der Waals surface area (Å²) in [5.74, 6) is -12.0. The lowest BCUT2D eigenvalue weighted by Gasteiger charge is -2.52. The standard InChI is InChI=1S/C28H36N4O8/c1-6-7-8-30-27(39)14-11-16(31(2)3)13-9-12-10-15-20(32(4)5)23(35)19(26(29)38)25(37)28(15,40)24(36)17(12)22(34)18(13)21(14)33/h11-12,15,17,19-20,33,40H,6-10H2,1-5H3,(H2,29,38)(H,30,39)/t12-,15-,17?,19?,20-,28-/m0/s1. The lowest BCUT2D eigenvalue weighted by molar-refractivity contribution is -0.181. The molecule has 3 aliphatic carbocycles. The number of nitrogens with zero attached hydrogens (tertiary/aromatic N) is 2. The molecule has 3 aliphatic rings. The Balaban J connectivity index is 1.86. The van der Waals surface area contributed by atoms with E-state index >= 15 is 0 Å². The number of hydrogen-bond acceptors (Lipinski definition) is 10. The second-order valence-corrected chi connectivity index (χ2v) is 11.4. The van der Waals surface area contributed by atoms with Gasteiger partial charge in [0.25, 0.3) is 5.91 Å². The van der Waals surface area contributed by atoms with Crippen molar-refractivity contribution in [2.45, 2.75) is 44.2 Å². The highest BCUT2D eigenvalue weighted by Gasteiger charge is 2.69. The van der Waals surface area contributed by atoms with E-state index in [1.165, 1.54) is 25.1 Å². The van der Waals surface area contributed by atoms with Gasteiger partial charge in [0, 0.05) is 32.2 Å². The Morgan fingerprint density at radius 1 is 1.12 bits per heavy atom. The Morgan fingerprint density at radius 2 is 1.77 bits per heavy atom. The number of nitrogens with one attached hydrogen (secondary N) is 1. The van der Waals surface area contributed by atoms with Gasteiger partial charge in [-0.05, 0) is 50.9 Å². The number of carbonyl (C=O) groups excluding carboxylic acids is 6. The Hall–Kier alpha value is -3.64. The molecular weight excluding hydrogens is 520 g/mol. The molecular formula is C28H36N4O8. The molecule has 2 amide bonds. The van der Waals surface area contributed by atoms with Gasteiger partial charge in [-0.15, -0.1) is 0 Å². The molecule has 216 valence electrons. The SMILES string of the molecule is CCCCNC(=O)c1cc(N(C)C)c2c(c1O)C(=O)C1C(=O)[C@]3(O)C(=O)C(C(N)=O)C(=O)[C@@H](N(C)C)[C@@H]3C[C@@H]1C2. The van der Waals surface area contributed by atoms with Gasteiger partial charge >= 0.3 is 0 Å². The molecule has 40 heavy (non-hydrogen) atoms. The van der Waals surface area contributed by atoms with E-state index in [2.05, 4.69) is 5.32 Å². The van der Waals surface area contributed by atoms with E-state index < -0.39 is 76.0 Å². The molecule has 0 spiro atoms. The number of benzene rings is 1. The van der Waals surface area contributed by atoms with Crippen LogP contribution in [0.5, 0.6) is 5.75 Å². The van der Waals surface area contributed by atoms with E-state index in [1.807, 2.05) is 6.92 Å². The summed E-state index contributed by atoms with van der Waals surface area (Å²) >= 11 is 0. The van der Waals surface area contributed by atoms with Gasteiger partial charge in [-0.2, -0.15) is 0 Å². The first-order chi connectivity index (χ1) is 18.7. The zero-order valence-electron chi connectivity index (χ0n) is 23.3. The van der Waals surface area contributed by atoms with Gasteiger partial charge in [-0.25, -0.2) is 0 Å². The number of hydrogen-bond donors (Lipinski definition) is 4. The Labute approximate surface area is 231 Å². The van der Waals surface area contributed by atoms with Crippen molar-refractivity contribution < 1.29 is 39.0 Å². The predicted molar refractivity (Wildman–Crippen MR) is 143 cm³/mol. The molecule has 0 saturated heterocycles. The number of phenols is 1. The molecule has 12 nitrogen and oxygen atoms in total. The molecule has 4 rings (SSSR count). The van der Waals surface area contributed by atoms with Crippen LogP contribution in [0.4, 0.5) is 5.69 Å². The normalized spacial score (nSPS) is 29.5. The molecule has 1 aromatic rings. The Morgan fingerprint density at radius 3 is 2.33 bits per heavy atom. The van der Waals surface area contributed by atoms with Crippen molar-refractivity contribution in [1.82, 2.24) is 10.2 Å². The second kappa shape index (κ2) is 10.4. The Kier molecular flexibility index (Phi) is 7.63. The van der Waals surface area contributed by atoms with Crippen LogP contribution in [0.1, 0.15) is 52.5 Å². The van der Waals surface area contributed by atoms with Crippen LogP contribution in [0.25, 0.3) is 0 Å². The average Bonchev–Trinajstić information content (AvgIpc) is 2.85. The highest BCUT2D eigenvalue weighted by atomic mass is 16.3. The number of unbranched alkanes of at least 4 members (excludes halogenated alkanes) is 1. The number of aliphatic hydroxyl groups is 1. The topological polar surface area (TPSA) is 187 Å². The summed E-state index contributed by atoms with van der Waals surface area (Å²) in [7, 11) is 6.50. The summed E-state index contributed by atoms with van der Waals surface area (Å²) in [5.41, 5.74) is 3.14. The molecule has 0 aliphatic heterocycles. The van der Waals surface area contributed by atoms with E-state index in [1.54, 1.807) is 19.0 Å². The molecule has 12 heteroatoms. The number of rotatable bonds is 7. The number of amides is 2. The third-order valence-electron chi connectivity index (χ3n) is 8.58. The quantitative estimate of drug-likeness (QED) is 0.251. The zero-order chi connectivity index (χ0) is 29.8. The fraction of sp³-hybridized carbons (Fsp3) is 0.571. The molecule has 6 atom stereocenters. The summed E-state index contributed by atoms with van der Waals surface area (Å²) in [5, 5.41) is 25.6. The summed E-state index contributed by atoms with van der Waals surface area (Å²) in [6, 6.07) is 0.329. The number of Topliss-reactive ketones (excluding diaryl/α,β-unsaturated/α-hetero) is 4. The average molecular weight is 557 g/mol. The summed E-state index contributed by atoms with van der Waals surface area (Å²) < 4.78 is 0. The molecule has 1 aromatic carbocycles. The van der Waals surface area contributed by atoms with Crippen LogP contribution in [0.3, 0.4) is 0 Å².